The molecule has 1 heterocycles. The molecule has 2 atom stereocenters. The van der Waals surface area contributed by atoms with Crippen LogP contribution in [0.1, 0.15) is 27.7 Å². The van der Waals surface area contributed by atoms with Crippen molar-refractivity contribution in [3.05, 3.63) is 0 Å². The molecule has 1 aliphatic rings. The predicted molar refractivity (Wildman–Crippen MR) is 64.8 cm³/mol. The van der Waals surface area contributed by atoms with Crippen LogP contribution in [0.3, 0.4) is 0 Å². The van der Waals surface area contributed by atoms with Crippen LogP contribution >= 0.6 is 11.8 Å². The summed E-state index contributed by atoms with van der Waals surface area (Å²) in [6.45, 7) is 10.6. The minimum absolute atomic E-state index is 0.287. The van der Waals surface area contributed by atoms with Crippen molar-refractivity contribution in [2.45, 2.75) is 44.2 Å². The van der Waals surface area contributed by atoms with Crippen molar-refractivity contribution in [2.24, 2.45) is 10.7 Å². The lowest BCUT2D eigenvalue weighted by Gasteiger charge is -2.35. The number of rotatable bonds is 1. The van der Waals surface area contributed by atoms with Crippen molar-refractivity contribution >= 4 is 17.7 Å². The maximum absolute atomic E-state index is 5.94. The largest absolute Gasteiger partial charge is 0.370 e. The molecule has 0 aromatic carbocycles. The van der Waals surface area contributed by atoms with Crippen molar-refractivity contribution < 1.29 is 0 Å². The Kier molecular flexibility index (Phi) is 4.11. The molecule has 0 saturated carbocycles. The Morgan fingerprint density at radius 3 is 2.29 bits per heavy atom. The van der Waals surface area contributed by atoms with Gasteiger partial charge in [0.25, 0.3) is 0 Å². The van der Waals surface area contributed by atoms with Crippen LogP contribution in [0.2, 0.25) is 0 Å². The number of aliphatic imine (C=N–C) groups is 1. The van der Waals surface area contributed by atoms with Crippen LogP contribution in [-0.2, 0) is 0 Å². The van der Waals surface area contributed by atoms with E-state index in [2.05, 4.69) is 37.6 Å². The van der Waals surface area contributed by atoms with E-state index >= 15 is 0 Å². The molecule has 3 nitrogen and oxygen atoms in total. The molecule has 2 unspecified atom stereocenters. The summed E-state index contributed by atoms with van der Waals surface area (Å²) in [5.41, 5.74) is 5.94. The van der Waals surface area contributed by atoms with E-state index in [0.717, 1.165) is 13.1 Å². The molecule has 0 aromatic rings. The zero-order valence-corrected chi connectivity index (χ0v) is 10.3. The zero-order chi connectivity index (χ0) is 10.7. The minimum atomic E-state index is 0.287. The number of guanidine groups is 1. The van der Waals surface area contributed by atoms with Crippen LogP contribution in [0.5, 0.6) is 0 Å². The van der Waals surface area contributed by atoms with E-state index in [-0.39, 0.29) is 6.04 Å². The van der Waals surface area contributed by atoms with Gasteiger partial charge in [0.05, 0.1) is 0 Å². The first-order valence-electron chi connectivity index (χ1n) is 5.22. The van der Waals surface area contributed by atoms with Gasteiger partial charge in [-0.15, -0.1) is 0 Å². The number of nitrogens with two attached hydrogens (primary N) is 1. The van der Waals surface area contributed by atoms with Crippen LogP contribution in [0, 0.1) is 0 Å². The third-order valence-electron chi connectivity index (χ3n) is 2.13. The highest BCUT2D eigenvalue weighted by molar-refractivity contribution is 8.00. The van der Waals surface area contributed by atoms with Crippen LogP contribution in [0.15, 0.2) is 4.99 Å². The average molecular weight is 215 g/mol. The Balaban J connectivity index is 2.59. The highest BCUT2D eigenvalue weighted by Crippen LogP contribution is 2.24. The van der Waals surface area contributed by atoms with Crippen LogP contribution in [0.25, 0.3) is 0 Å². The first kappa shape index (κ1) is 11.7. The van der Waals surface area contributed by atoms with Gasteiger partial charge >= 0.3 is 0 Å². The summed E-state index contributed by atoms with van der Waals surface area (Å²) >= 11 is 2.03. The molecule has 0 spiro atoms. The molecule has 14 heavy (non-hydrogen) atoms. The van der Waals surface area contributed by atoms with Gasteiger partial charge in [-0.3, -0.25) is 4.99 Å². The normalized spacial score (nSPS) is 29.8. The Labute approximate surface area is 91.1 Å². The monoisotopic (exact) mass is 215 g/mol. The van der Waals surface area contributed by atoms with Gasteiger partial charge in [0.15, 0.2) is 5.96 Å². The second kappa shape index (κ2) is 4.91. The number of thioether (sulfide) groups is 1. The van der Waals surface area contributed by atoms with Crippen molar-refractivity contribution in [3.63, 3.8) is 0 Å². The Morgan fingerprint density at radius 2 is 1.86 bits per heavy atom. The summed E-state index contributed by atoms with van der Waals surface area (Å²) in [6.07, 6.45) is 0. The van der Waals surface area contributed by atoms with Gasteiger partial charge in [0.2, 0.25) is 0 Å². The van der Waals surface area contributed by atoms with E-state index in [1.54, 1.807) is 0 Å². The number of nitrogens with zero attached hydrogens (tertiary/aromatic N) is 2. The quantitative estimate of drug-likeness (QED) is 0.533. The molecule has 1 saturated heterocycles. The molecular weight excluding hydrogens is 194 g/mol. The molecule has 2 N–H and O–H groups in total. The Hall–Kier alpha value is -0.380. The minimum Gasteiger partial charge on any atom is -0.370 e. The summed E-state index contributed by atoms with van der Waals surface area (Å²) in [5.74, 6) is 0.707. The fraction of sp³-hybridized carbons (Fsp3) is 0.900. The van der Waals surface area contributed by atoms with E-state index in [1.807, 2.05) is 11.8 Å². The van der Waals surface area contributed by atoms with E-state index in [9.17, 15) is 0 Å². The molecule has 0 radical (unpaired) electrons. The van der Waals surface area contributed by atoms with E-state index in [4.69, 9.17) is 5.73 Å². The molecule has 0 amide bonds. The smallest absolute Gasteiger partial charge is 0.191 e. The third kappa shape index (κ3) is 3.40. The summed E-state index contributed by atoms with van der Waals surface area (Å²) in [7, 11) is 0. The molecule has 0 aromatic heterocycles. The van der Waals surface area contributed by atoms with Crippen molar-refractivity contribution in [3.8, 4) is 0 Å². The SMILES string of the molecule is CC(C)N=C(N)N1CC(C)SC(C)C1. The number of hydrogen-bond donors (Lipinski definition) is 1. The standard InChI is InChI=1S/C10H21N3S/c1-7(2)12-10(11)13-5-8(3)14-9(4)6-13/h7-9H,5-6H2,1-4H3,(H2,11,12). The van der Waals surface area contributed by atoms with Crippen LogP contribution in [-0.4, -0.2) is 40.5 Å². The predicted octanol–water partition coefficient (Wildman–Crippen LogP) is 1.54. The first-order valence-corrected chi connectivity index (χ1v) is 6.17. The van der Waals surface area contributed by atoms with Gasteiger partial charge in [-0.25, -0.2) is 0 Å². The maximum Gasteiger partial charge on any atom is 0.191 e. The van der Waals surface area contributed by atoms with E-state index in [0.29, 0.717) is 16.5 Å². The van der Waals surface area contributed by atoms with Gasteiger partial charge in [-0.05, 0) is 13.8 Å². The molecule has 1 fully saturated rings. The summed E-state index contributed by atoms with van der Waals surface area (Å²) in [5, 5.41) is 1.30. The average Bonchev–Trinajstić information content (AvgIpc) is 2.00. The molecule has 1 rings (SSSR count). The fourth-order valence-electron chi connectivity index (χ4n) is 1.71. The lowest BCUT2D eigenvalue weighted by molar-refractivity contribution is 0.403. The second-order valence-corrected chi connectivity index (χ2v) is 6.12. The van der Waals surface area contributed by atoms with E-state index < -0.39 is 0 Å². The highest BCUT2D eigenvalue weighted by atomic mass is 32.2. The fourth-order valence-corrected chi connectivity index (χ4v) is 3.04. The summed E-state index contributed by atoms with van der Waals surface area (Å²) < 4.78 is 0. The van der Waals surface area contributed by atoms with Gasteiger partial charge in [-0.2, -0.15) is 11.8 Å². The second-order valence-electron chi connectivity index (χ2n) is 4.24. The maximum atomic E-state index is 5.94. The Morgan fingerprint density at radius 1 is 1.36 bits per heavy atom. The molecule has 1 aliphatic heterocycles. The summed E-state index contributed by atoms with van der Waals surface area (Å²) in [6, 6.07) is 0.287. The third-order valence-corrected chi connectivity index (χ3v) is 3.36. The van der Waals surface area contributed by atoms with Gasteiger partial charge in [-0.1, -0.05) is 13.8 Å². The zero-order valence-electron chi connectivity index (χ0n) is 9.53. The van der Waals surface area contributed by atoms with Crippen molar-refractivity contribution in [2.75, 3.05) is 13.1 Å². The van der Waals surface area contributed by atoms with Crippen LogP contribution in [0.4, 0.5) is 0 Å². The lowest BCUT2D eigenvalue weighted by Crippen LogP contribution is -2.47. The van der Waals surface area contributed by atoms with E-state index in [1.165, 1.54) is 0 Å². The first-order chi connectivity index (χ1) is 6.49. The molecule has 82 valence electrons. The highest BCUT2D eigenvalue weighted by Gasteiger charge is 2.23. The molecular formula is C10H21N3S. The molecule has 4 heteroatoms. The molecule has 0 bridgehead atoms. The lowest BCUT2D eigenvalue weighted by atomic mass is 10.3. The number of hydrogen-bond acceptors (Lipinski definition) is 2. The summed E-state index contributed by atoms with van der Waals surface area (Å²) in [4.78, 5) is 6.58. The Bertz CT molecular complexity index is 205. The van der Waals surface area contributed by atoms with Gasteiger partial charge in [0, 0.05) is 29.6 Å². The van der Waals surface area contributed by atoms with Gasteiger partial charge in [0.1, 0.15) is 0 Å². The van der Waals surface area contributed by atoms with Gasteiger partial charge < -0.3 is 10.6 Å². The van der Waals surface area contributed by atoms with Crippen molar-refractivity contribution in [1.82, 2.24) is 4.90 Å². The molecule has 0 aliphatic carbocycles. The topological polar surface area (TPSA) is 41.6 Å². The van der Waals surface area contributed by atoms with Crippen LogP contribution < -0.4 is 5.73 Å². The van der Waals surface area contributed by atoms with Crippen molar-refractivity contribution in [1.29, 1.82) is 0 Å².